The van der Waals surface area contributed by atoms with Gasteiger partial charge in [-0.1, -0.05) is 40.0 Å². The highest BCUT2D eigenvalue weighted by atomic mass is 19.0. The summed E-state index contributed by atoms with van der Waals surface area (Å²) >= 11 is 0. The minimum absolute atomic E-state index is 0. The van der Waals surface area contributed by atoms with Gasteiger partial charge in [0.1, 0.15) is 0 Å². The number of ether oxygens (including phenoxy) is 1. The molecule has 12 heavy (non-hydrogen) atoms. The molecule has 0 aromatic carbocycles. The van der Waals surface area contributed by atoms with Crippen molar-refractivity contribution < 1.29 is 9.44 Å². The van der Waals surface area contributed by atoms with Gasteiger partial charge in [0.2, 0.25) is 0 Å². The van der Waals surface area contributed by atoms with Crippen LogP contribution in [0.1, 0.15) is 46.5 Å². The molecule has 0 atom stereocenters. The van der Waals surface area contributed by atoms with Crippen LogP contribution in [-0.4, -0.2) is 13.2 Å². The van der Waals surface area contributed by atoms with E-state index in [4.69, 9.17) is 4.74 Å². The Morgan fingerprint density at radius 1 is 1.08 bits per heavy atom. The Kier molecular flexibility index (Phi) is 13.1. The molecule has 2 heteroatoms. The highest BCUT2D eigenvalue weighted by Gasteiger charge is 1.92. The molecule has 0 fully saturated rings. The van der Waals surface area contributed by atoms with E-state index < -0.39 is 0 Å². The molecule has 0 spiro atoms. The van der Waals surface area contributed by atoms with Crippen molar-refractivity contribution in [3.8, 4) is 0 Å². The first-order chi connectivity index (χ1) is 5.27. The molecular formula is C10H23FO. The zero-order valence-corrected chi connectivity index (χ0v) is 8.64. The lowest BCUT2D eigenvalue weighted by molar-refractivity contribution is 0.106. The number of unbranched alkanes of at least 4 members (excludes halogenated alkanes) is 3. The number of hydrogen-bond donors (Lipinski definition) is 0. The zero-order chi connectivity index (χ0) is 8.53. The first-order valence-electron chi connectivity index (χ1n) is 4.85. The van der Waals surface area contributed by atoms with Crippen molar-refractivity contribution in [1.29, 1.82) is 0 Å². The molecule has 0 radical (unpaired) electrons. The van der Waals surface area contributed by atoms with Crippen LogP contribution < -0.4 is 0 Å². The van der Waals surface area contributed by atoms with Gasteiger partial charge < -0.3 is 4.74 Å². The second-order valence-electron chi connectivity index (χ2n) is 3.53. The summed E-state index contributed by atoms with van der Waals surface area (Å²) in [7, 11) is 0. The Morgan fingerprint density at radius 3 is 2.25 bits per heavy atom. The van der Waals surface area contributed by atoms with Crippen molar-refractivity contribution in [3.63, 3.8) is 0 Å². The van der Waals surface area contributed by atoms with Crippen LogP contribution in [0.4, 0.5) is 4.70 Å². The first kappa shape index (κ1) is 14.4. The SMILES string of the molecule is CCCCCCOCC(C)C.F. The summed E-state index contributed by atoms with van der Waals surface area (Å²) in [6.07, 6.45) is 5.23. The molecule has 0 bridgehead atoms. The lowest BCUT2D eigenvalue weighted by atomic mass is 10.2. The van der Waals surface area contributed by atoms with E-state index in [2.05, 4.69) is 20.8 Å². The second-order valence-corrected chi connectivity index (χ2v) is 3.53. The minimum Gasteiger partial charge on any atom is -0.381 e. The van der Waals surface area contributed by atoms with E-state index in [1.165, 1.54) is 25.7 Å². The van der Waals surface area contributed by atoms with Crippen LogP contribution in [0.3, 0.4) is 0 Å². The molecule has 0 saturated heterocycles. The fourth-order valence-electron chi connectivity index (χ4n) is 0.950. The van der Waals surface area contributed by atoms with E-state index in [0.717, 1.165) is 13.2 Å². The molecule has 0 aliphatic heterocycles. The summed E-state index contributed by atoms with van der Waals surface area (Å²) in [6, 6.07) is 0. The number of halogens is 1. The van der Waals surface area contributed by atoms with Crippen LogP contribution >= 0.6 is 0 Å². The molecule has 0 unspecified atom stereocenters. The van der Waals surface area contributed by atoms with E-state index >= 15 is 0 Å². The topological polar surface area (TPSA) is 9.23 Å². The predicted octanol–water partition coefficient (Wildman–Crippen LogP) is 3.39. The van der Waals surface area contributed by atoms with Crippen LogP contribution in [0.25, 0.3) is 0 Å². The summed E-state index contributed by atoms with van der Waals surface area (Å²) in [4.78, 5) is 0. The molecule has 76 valence electrons. The molecule has 0 amide bonds. The zero-order valence-electron chi connectivity index (χ0n) is 8.64. The maximum Gasteiger partial charge on any atom is 0.0488 e. The lowest BCUT2D eigenvalue weighted by Gasteiger charge is -2.05. The van der Waals surface area contributed by atoms with Gasteiger partial charge in [0.25, 0.3) is 0 Å². The van der Waals surface area contributed by atoms with Crippen LogP contribution in [0, 0.1) is 5.92 Å². The first-order valence-corrected chi connectivity index (χ1v) is 4.85. The van der Waals surface area contributed by atoms with Crippen molar-refractivity contribution in [3.05, 3.63) is 0 Å². The van der Waals surface area contributed by atoms with Gasteiger partial charge in [-0.15, -0.1) is 0 Å². The van der Waals surface area contributed by atoms with Gasteiger partial charge in [0.15, 0.2) is 0 Å². The quantitative estimate of drug-likeness (QED) is 0.543. The average molecular weight is 178 g/mol. The molecule has 0 saturated carbocycles. The van der Waals surface area contributed by atoms with Gasteiger partial charge in [0.05, 0.1) is 0 Å². The summed E-state index contributed by atoms with van der Waals surface area (Å²) in [5.41, 5.74) is 0. The molecule has 0 aromatic heterocycles. The minimum atomic E-state index is 0. The van der Waals surface area contributed by atoms with Crippen LogP contribution in [-0.2, 0) is 4.74 Å². The Balaban J connectivity index is 0. The third kappa shape index (κ3) is 12.6. The Hall–Kier alpha value is -0.110. The summed E-state index contributed by atoms with van der Waals surface area (Å²) in [5, 5.41) is 0. The Morgan fingerprint density at radius 2 is 1.75 bits per heavy atom. The van der Waals surface area contributed by atoms with Crippen molar-refractivity contribution >= 4 is 0 Å². The van der Waals surface area contributed by atoms with E-state index in [9.17, 15) is 0 Å². The number of hydrogen-bond acceptors (Lipinski definition) is 1. The lowest BCUT2D eigenvalue weighted by Crippen LogP contribution is -2.02. The molecule has 0 aromatic rings. The van der Waals surface area contributed by atoms with Gasteiger partial charge in [-0.3, -0.25) is 4.70 Å². The maximum absolute atomic E-state index is 5.44. The predicted molar refractivity (Wildman–Crippen MR) is 52.3 cm³/mol. The smallest absolute Gasteiger partial charge is 0.0488 e. The highest BCUT2D eigenvalue weighted by molar-refractivity contribution is 4.42. The third-order valence-corrected chi connectivity index (χ3v) is 1.59. The average Bonchev–Trinajstić information content (AvgIpc) is 1.96. The monoisotopic (exact) mass is 178 g/mol. The summed E-state index contributed by atoms with van der Waals surface area (Å²) in [6.45, 7) is 8.48. The molecule has 0 aliphatic carbocycles. The maximum atomic E-state index is 5.44. The highest BCUT2D eigenvalue weighted by Crippen LogP contribution is 2.00. The molecule has 0 heterocycles. The van der Waals surface area contributed by atoms with E-state index in [-0.39, 0.29) is 4.70 Å². The van der Waals surface area contributed by atoms with Gasteiger partial charge >= 0.3 is 0 Å². The molecule has 0 N–H and O–H groups in total. The van der Waals surface area contributed by atoms with Gasteiger partial charge in [0, 0.05) is 13.2 Å². The van der Waals surface area contributed by atoms with Gasteiger partial charge in [-0.2, -0.15) is 0 Å². The van der Waals surface area contributed by atoms with Crippen molar-refractivity contribution in [1.82, 2.24) is 0 Å². The molecule has 1 nitrogen and oxygen atoms in total. The van der Waals surface area contributed by atoms with Gasteiger partial charge in [-0.05, 0) is 12.3 Å². The van der Waals surface area contributed by atoms with Crippen LogP contribution in [0.2, 0.25) is 0 Å². The fraction of sp³-hybridized carbons (Fsp3) is 1.00. The molecule has 0 aliphatic rings. The fourth-order valence-corrected chi connectivity index (χ4v) is 0.950. The number of rotatable bonds is 7. The summed E-state index contributed by atoms with van der Waals surface area (Å²) in [5.74, 6) is 0.682. The van der Waals surface area contributed by atoms with E-state index in [0.29, 0.717) is 5.92 Å². The van der Waals surface area contributed by atoms with Crippen molar-refractivity contribution in [2.24, 2.45) is 5.92 Å². The Labute approximate surface area is 75.9 Å². The molecular weight excluding hydrogens is 155 g/mol. The van der Waals surface area contributed by atoms with Crippen molar-refractivity contribution in [2.45, 2.75) is 46.5 Å². The van der Waals surface area contributed by atoms with Crippen molar-refractivity contribution in [2.75, 3.05) is 13.2 Å². The largest absolute Gasteiger partial charge is 0.381 e. The Bertz CT molecular complexity index is 74.2. The molecule has 0 rings (SSSR count). The standard InChI is InChI=1S/C10H22O.FH/c1-4-5-6-7-8-11-9-10(2)3;/h10H,4-9H2,1-3H3;1H. The summed E-state index contributed by atoms with van der Waals surface area (Å²) < 4.78 is 5.44. The van der Waals surface area contributed by atoms with E-state index in [1.54, 1.807) is 0 Å². The second kappa shape index (κ2) is 10.9. The normalized spacial score (nSPS) is 10.0. The van der Waals surface area contributed by atoms with E-state index in [1.807, 2.05) is 0 Å². The van der Waals surface area contributed by atoms with Crippen LogP contribution in [0.15, 0.2) is 0 Å². The third-order valence-electron chi connectivity index (χ3n) is 1.59. The van der Waals surface area contributed by atoms with Crippen LogP contribution in [0.5, 0.6) is 0 Å². The van der Waals surface area contributed by atoms with Gasteiger partial charge in [-0.25, -0.2) is 0 Å².